The molecule has 0 saturated heterocycles. The highest BCUT2D eigenvalue weighted by Gasteiger charge is 2.20. The first-order valence-electron chi connectivity index (χ1n) is 30.2. The van der Waals surface area contributed by atoms with Crippen LogP contribution >= 0.6 is 0 Å². The molecule has 0 aromatic rings. The lowest BCUT2D eigenvalue weighted by molar-refractivity contribution is -0.143. The molecule has 0 spiro atoms. The van der Waals surface area contributed by atoms with Gasteiger partial charge in [0.2, 0.25) is 5.91 Å². The average molecular weight is 957 g/mol. The van der Waals surface area contributed by atoms with Crippen LogP contribution in [0, 0.1) is 0 Å². The maximum atomic E-state index is 12.5. The van der Waals surface area contributed by atoms with Crippen LogP contribution in [0.2, 0.25) is 0 Å². The first-order valence-corrected chi connectivity index (χ1v) is 30.2. The van der Waals surface area contributed by atoms with Crippen LogP contribution in [-0.4, -0.2) is 47.4 Å². The molecule has 0 fully saturated rings. The molecule has 0 saturated carbocycles. The zero-order chi connectivity index (χ0) is 49.3. The van der Waals surface area contributed by atoms with E-state index in [0.29, 0.717) is 25.9 Å². The number of ether oxygens (including phenoxy) is 1. The van der Waals surface area contributed by atoms with Gasteiger partial charge in [0.1, 0.15) is 0 Å². The molecule has 6 nitrogen and oxygen atoms in total. The Labute approximate surface area is 424 Å². The highest BCUT2D eigenvalue weighted by atomic mass is 16.5. The summed E-state index contributed by atoms with van der Waals surface area (Å²) in [6, 6.07) is -0.548. The Bertz CT molecular complexity index is 1100. The average Bonchev–Trinajstić information content (AvgIpc) is 3.34. The maximum absolute atomic E-state index is 12.5. The van der Waals surface area contributed by atoms with Crippen molar-refractivity contribution in [2.75, 3.05) is 13.2 Å². The van der Waals surface area contributed by atoms with Gasteiger partial charge in [0.05, 0.1) is 25.4 Å². The molecule has 0 aliphatic heterocycles. The van der Waals surface area contributed by atoms with E-state index in [1.54, 1.807) is 0 Å². The number of unbranched alkanes of at least 4 members (excludes halogenated alkanes) is 39. The quantitative estimate of drug-likeness (QED) is 0.0321. The van der Waals surface area contributed by atoms with E-state index in [9.17, 15) is 19.8 Å². The van der Waals surface area contributed by atoms with Gasteiger partial charge in [0, 0.05) is 12.8 Å². The first-order chi connectivity index (χ1) is 33.5. The number of hydrogen-bond donors (Lipinski definition) is 3. The number of hydrogen-bond acceptors (Lipinski definition) is 5. The predicted octanol–water partition coefficient (Wildman–Crippen LogP) is 18.8. The second-order valence-corrected chi connectivity index (χ2v) is 20.7. The Hall–Kier alpha value is -1.92. The van der Waals surface area contributed by atoms with Crippen molar-refractivity contribution in [1.29, 1.82) is 0 Å². The minimum absolute atomic E-state index is 0.00772. The van der Waals surface area contributed by atoms with Crippen molar-refractivity contribution in [1.82, 2.24) is 5.32 Å². The molecular formula is C62H117NO5. The van der Waals surface area contributed by atoms with Gasteiger partial charge in [-0.05, 0) is 83.5 Å². The first kappa shape index (κ1) is 66.1. The van der Waals surface area contributed by atoms with Crippen molar-refractivity contribution in [3.8, 4) is 0 Å². The summed E-state index contributed by atoms with van der Waals surface area (Å²) in [5.41, 5.74) is 0. The monoisotopic (exact) mass is 956 g/mol. The minimum atomic E-state index is -0.670. The van der Waals surface area contributed by atoms with Gasteiger partial charge in [-0.3, -0.25) is 9.59 Å². The molecule has 0 aliphatic carbocycles. The van der Waals surface area contributed by atoms with Crippen molar-refractivity contribution in [3.05, 3.63) is 36.5 Å². The molecule has 0 rings (SSSR count). The highest BCUT2D eigenvalue weighted by molar-refractivity contribution is 5.76. The van der Waals surface area contributed by atoms with E-state index in [1.807, 2.05) is 0 Å². The van der Waals surface area contributed by atoms with Crippen LogP contribution < -0.4 is 5.32 Å². The van der Waals surface area contributed by atoms with Crippen molar-refractivity contribution in [3.63, 3.8) is 0 Å². The zero-order valence-corrected chi connectivity index (χ0v) is 45.6. The molecule has 0 aliphatic rings. The van der Waals surface area contributed by atoms with Crippen LogP contribution in [0.5, 0.6) is 0 Å². The van der Waals surface area contributed by atoms with E-state index in [2.05, 4.69) is 55.6 Å². The van der Waals surface area contributed by atoms with Gasteiger partial charge in [-0.15, -0.1) is 0 Å². The summed E-state index contributed by atoms with van der Waals surface area (Å²) in [5.74, 6) is -0.0502. The third-order valence-corrected chi connectivity index (χ3v) is 13.9. The summed E-state index contributed by atoms with van der Waals surface area (Å²) < 4.78 is 5.47. The highest BCUT2D eigenvalue weighted by Crippen LogP contribution is 2.17. The van der Waals surface area contributed by atoms with E-state index in [1.165, 1.54) is 238 Å². The second kappa shape index (κ2) is 57.7. The fraction of sp³-hybridized carbons (Fsp3) is 0.871. The molecule has 6 heteroatoms. The number of allylic oxidation sites excluding steroid dienone is 6. The van der Waals surface area contributed by atoms with Crippen molar-refractivity contribution < 1.29 is 24.5 Å². The van der Waals surface area contributed by atoms with E-state index in [-0.39, 0.29) is 18.5 Å². The van der Waals surface area contributed by atoms with E-state index in [0.717, 1.165) is 51.4 Å². The molecule has 2 unspecified atom stereocenters. The lowest BCUT2D eigenvalue weighted by Crippen LogP contribution is -2.45. The fourth-order valence-electron chi connectivity index (χ4n) is 9.25. The summed E-state index contributed by atoms with van der Waals surface area (Å²) in [6.45, 7) is 4.92. The van der Waals surface area contributed by atoms with Crippen LogP contribution in [0.1, 0.15) is 322 Å². The Morgan fingerprint density at radius 3 is 1.16 bits per heavy atom. The zero-order valence-electron chi connectivity index (χ0n) is 45.6. The summed E-state index contributed by atoms with van der Waals surface area (Å²) in [4.78, 5) is 24.5. The molecule has 68 heavy (non-hydrogen) atoms. The van der Waals surface area contributed by atoms with Crippen LogP contribution in [0.3, 0.4) is 0 Å². The number of nitrogens with one attached hydrogen (secondary N) is 1. The molecule has 400 valence electrons. The van der Waals surface area contributed by atoms with Gasteiger partial charge in [0.25, 0.3) is 0 Å². The molecule has 3 N–H and O–H groups in total. The van der Waals surface area contributed by atoms with Crippen LogP contribution in [-0.2, 0) is 14.3 Å². The van der Waals surface area contributed by atoms with Crippen LogP contribution in [0.4, 0.5) is 0 Å². The Morgan fingerprint density at radius 1 is 0.412 bits per heavy atom. The molecule has 0 radical (unpaired) electrons. The van der Waals surface area contributed by atoms with Gasteiger partial charge in [0.15, 0.2) is 0 Å². The smallest absolute Gasteiger partial charge is 0.305 e. The van der Waals surface area contributed by atoms with Gasteiger partial charge in [-0.1, -0.05) is 262 Å². The molecule has 0 aromatic heterocycles. The van der Waals surface area contributed by atoms with Gasteiger partial charge in [-0.2, -0.15) is 0 Å². The van der Waals surface area contributed by atoms with Crippen molar-refractivity contribution >= 4 is 11.9 Å². The summed E-state index contributed by atoms with van der Waals surface area (Å²) >= 11 is 0. The molecular weight excluding hydrogens is 839 g/mol. The van der Waals surface area contributed by atoms with E-state index >= 15 is 0 Å². The summed E-state index contributed by atoms with van der Waals surface area (Å²) in [7, 11) is 0. The molecule has 1 amide bonds. The lowest BCUT2D eigenvalue weighted by atomic mass is 10.0. The van der Waals surface area contributed by atoms with Gasteiger partial charge in [-0.25, -0.2) is 0 Å². The van der Waals surface area contributed by atoms with Crippen LogP contribution in [0.15, 0.2) is 36.5 Å². The molecule has 2 atom stereocenters. The number of aliphatic hydroxyl groups is 2. The SMILES string of the molecule is CCCCC/C=C\C/C=C\CCCCCCCC(=O)OCCCCCCCCCCC/C=C\CCCCCCCCCC(=O)NC(CO)C(O)CCCCCCCCCCCCCCCCCC. The Kier molecular flexibility index (Phi) is 56.0. The lowest BCUT2D eigenvalue weighted by Gasteiger charge is -2.22. The second-order valence-electron chi connectivity index (χ2n) is 20.7. The summed E-state index contributed by atoms with van der Waals surface area (Å²) in [6.07, 6.45) is 71.4. The van der Waals surface area contributed by atoms with Crippen molar-refractivity contribution in [2.24, 2.45) is 0 Å². The van der Waals surface area contributed by atoms with Gasteiger partial charge < -0.3 is 20.3 Å². The predicted molar refractivity (Wildman–Crippen MR) is 296 cm³/mol. The molecule has 0 bridgehead atoms. The standard InChI is InChI=1S/C62H117NO5/c1-3-5-7-9-11-13-15-17-19-27-30-34-38-42-46-50-54-60(65)59(58-64)63-61(66)55-51-47-43-39-35-31-28-24-22-20-21-23-25-29-33-37-41-45-49-53-57-68-62(67)56-52-48-44-40-36-32-26-18-16-14-12-10-8-6-4-2/h12,14,18,20,22,26,59-60,64-65H,3-11,13,15-17,19,21,23-25,27-58H2,1-2H3,(H,63,66)/b14-12-,22-20-,26-18-. The van der Waals surface area contributed by atoms with E-state index < -0.39 is 12.1 Å². The Balaban J connectivity index is 3.44. The van der Waals surface area contributed by atoms with E-state index in [4.69, 9.17) is 4.74 Å². The molecule has 0 heterocycles. The minimum Gasteiger partial charge on any atom is -0.466 e. The third kappa shape index (κ3) is 53.4. The molecule has 0 aromatic carbocycles. The number of esters is 1. The fourth-order valence-corrected chi connectivity index (χ4v) is 9.25. The topological polar surface area (TPSA) is 95.9 Å². The number of carbonyl (C=O) groups is 2. The van der Waals surface area contributed by atoms with Crippen molar-refractivity contribution in [2.45, 2.75) is 334 Å². The maximum Gasteiger partial charge on any atom is 0.305 e. The normalized spacial score (nSPS) is 12.8. The number of rotatable bonds is 56. The largest absolute Gasteiger partial charge is 0.466 e. The summed E-state index contributed by atoms with van der Waals surface area (Å²) in [5, 5.41) is 23.3. The number of carbonyl (C=O) groups excluding carboxylic acids is 2. The number of aliphatic hydroxyl groups excluding tert-OH is 2. The number of amides is 1. The van der Waals surface area contributed by atoms with Crippen LogP contribution in [0.25, 0.3) is 0 Å². The van der Waals surface area contributed by atoms with Gasteiger partial charge >= 0.3 is 5.97 Å². The Morgan fingerprint density at radius 2 is 0.735 bits per heavy atom. The third-order valence-electron chi connectivity index (χ3n) is 13.9.